The maximum absolute atomic E-state index is 12.4. The highest BCUT2D eigenvalue weighted by atomic mass is 16.8. The van der Waals surface area contributed by atoms with E-state index in [0.29, 0.717) is 11.2 Å². The third-order valence-electron chi connectivity index (χ3n) is 4.19. The number of aromatic nitrogens is 4. The van der Waals surface area contributed by atoms with Gasteiger partial charge < -0.3 is 14.2 Å². The fraction of sp³-hybridized carbons (Fsp3) is 0.643. The van der Waals surface area contributed by atoms with Gasteiger partial charge in [0.2, 0.25) is 0 Å². The van der Waals surface area contributed by atoms with Crippen LogP contribution in [0.3, 0.4) is 0 Å². The van der Waals surface area contributed by atoms with Gasteiger partial charge in [0.1, 0.15) is 17.7 Å². The lowest BCUT2D eigenvalue weighted by Gasteiger charge is -2.24. The van der Waals surface area contributed by atoms with E-state index >= 15 is 0 Å². The first kappa shape index (κ1) is 13.9. The van der Waals surface area contributed by atoms with E-state index in [4.69, 9.17) is 14.2 Å². The summed E-state index contributed by atoms with van der Waals surface area (Å²) < 4.78 is 19.5. The van der Waals surface area contributed by atoms with Crippen molar-refractivity contribution in [2.75, 3.05) is 0 Å². The number of ether oxygens (including phenoxy) is 3. The monoisotopic (exact) mass is 306 g/mol. The van der Waals surface area contributed by atoms with Gasteiger partial charge in [-0.15, -0.1) is 5.10 Å². The Balaban J connectivity index is 1.83. The summed E-state index contributed by atoms with van der Waals surface area (Å²) in [7, 11) is 0. The first-order valence-corrected chi connectivity index (χ1v) is 7.43. The second kappa shape index (κ2) is 4.61. The lowest BCUT2D eigenvalue weighted by atomic mass is 10.1. The number of H-pyrrole nitrogens is 1. The second-order valence-corrected chi connectivity index (χ2v) is 6.11. The van der Waals surface area contributed by atoms with Gasteiger partial charge in [-0.1, -0.05) is 6.92 Å². The molecular weight excluding hydrogens is 288 g/mol. The summed E-state index contributed by atoms with van der Waals surface area (Å²) in [6.45, 7) is 5.77. The molecule has 2 aliphatic rings. The molecule has 8 heteroatoms. The third kappa shape index (κ3) is 1.91. The van der Waals surface area contributed by atoms with Crippen molar-refractivity contribution in [2.24, 2.45) is 0 Å². The molecule has 2 fully saturated rings. The SMILES string of the molecule is CC[C@H]1O[C@@H](n2c(=O)ccc3n[nH]nc32)C2OC(C)(C)O[C@H]21. The number of rotatable bonds is 2. The molecule has 0 spiro atoms. The van der Waals surface area contributed by atoms with Gasteiger partial charge >= 0.3 is 0 Å². The summed E-state index contributed by atoms with van der Waals surface area (Å²) in [5.41, 5.74) is 0.870. The van der Waals surface area contributed by atoms with Gasteiger partial charge in [-0.25, -0.2) is 0 Å². The van der Waals surface area contributed by atoms with Crippen LogP contribution >= 0.6 is 0 Å². The first-order chi connectivity index (χ1) is 10.5. The number of aromatic amines is 1. The lowest BCUT2D eigenvalue weighted by Crippen LogP contribution is -2.34. The van der Waals surface area contributed by atoms with Crippen LogP contribution in [-0.2, 0) is 14.2 Å². The van der Waals surface area contributed by atoms with Crippen molar-refractivity contribution >= 4 is 11.2 Å². The molecule has 2 aromatic rings. The molecule has 2 aromatic heterocycles. The quantitative estimate of drug-likeness (QED) is 0.888. The molecule has 0 bridgehead atoms. The molecule has 0 aliphatic carbocycles. The van der Waals surface area contributed by atoms with E-state index < -0.39 is 12.0 Å². The number of nitrogens with one attached hydrogen (secondary N) is 1. The minimum absolute atomic E-state index is 0.120. The Morgan fingerprint density at radius 2 is 2.05 bits per heavy atom. The van der Waals surface area contributed by atoms with Gasteiger partial charge in [0.15, 0.2) is 17.7 Å². The predicted molar refractivity (Wildman–Crippen MR) is 76.2 cm³/mol. The number of pyridine rings is 1. The predicted octanol–water partition coefficient (Wildman–Crippen LogP) is 0.947. The van der Waals surface area contributed by atoms with E-state index in [0.717, 1.165) is 6.42 Å². The van der Waals surface area contributed by atoms with Crippen molar-refractivity contribution in [2.45, 2.75) is 57.5 Å². The van der Waals surface area contributed by atoms with Gasteiger partial charge in [0, 0.05) is 6.07 Å². The Hall–Kier alpha value is -1.77. The average molecular weight is 306 g/mol. The Morgan fingerprint density at radius 3 is 2.82 bits per heavy atom. The van der Waals surface area contributed by atoms with Crippen molar-refractivity contribution in [3.8, 4) is 0 Å². The summed E-state index contributed by atoms with van der Waals surface area (Å²) in [6.07, 6.45) is -0.455. The fourth-order valence-electron chi connectivity index (χ4n) is 3.30. The summed E-state index contributed by atoms with van der Waals surface area (Å²) in [4.78, 5) is 12.4. The van der Waals surface area contributed by atoms with Crippen LogP contribution in [0.1, 0.15) is 33.4 Å². The van der Waals surface area contributed by atoms with Crippen LogP contribution in [0.15, 0.2) is 16.9 Å². The largest absolute Gasteiger partial charge is 0.349 e. The van der Waals surface area contributed by atoms with Crippen LogP contribution in [0.4, 0.5) is 0 Å². The molecule has 0 aromatic carbocycles. The number of hydrogen-bond acceptors (Lipinski definition) is 6. The normalized spacial score (nSPS) is 33.4. The molecule has 4 heterocycles. The van der Waals surface area contributed by atoms with Gasteiger partial charge in [-0.3, -0.25) is 9.36 Å². The number of hydrogen-bond donors (Lipinski definition) is 1. The smallest absolute Gasteiger partial charge is 0.254 e. The van der Waals surface area contributed by atoms with E-state index in [2.05, 4.69) is 15.4 Å². The van der Waals surface area contributed by atoms with Crippen LogP contribution in [0, 0.1) is 0 Å². The molecule has 1 N–H and O–H groups in total. The van der Waals surface area contributed by atoms with Crippen LogP contribution in [0.2, 0.25) is 0 Å². The summed E-state index contributed by atoms with van der Waals surface area (Å²) in [6, 6.07) is 3.10. The zero-order valence-electron chi connectivity index (χ0n) is 12.6. The zero-order chi connectivity index (χ0) is 15.5. The van der Waals surface area contributed by atoms with E-state index in [-0.39, 0.29) is 23.9 Å². The molecule has 8 nitrogen and oxygen atoms in total. The zero-order valence-corrected chi connectivity index (χ0v) is 12.6. The van der Waals surface area contributed by atoms with E-state index in [9.17, 15) is 4.79 Å². The number of nitrogens with zero attached hydrogens (tertiary/aromatic N) is 3. The van der Waals surface area contributed by atoms with Gasteiger partial charge in [0.25, 0.3) is 5.56 Å². The van der Waals surface area contributed by atoms with Crippen molar-refractivity contribution in [1.82, 2.24) is 20.0 Å². The molecule has 118 valence electrons. The Morgan fingerprint density at radius 1 is 1.27 bits per heavy atom. The van der Waals surface area contributed by atoms with Gasteiger partial charge in [-0.2, -0.15) is 10.3 Å². The maximum atomic E-state index is 12.4. The molecule has 0 radical (unpaired) electrons. The maximum Gasteiger partial charge on any atom is 0.254 e. The molecule has 0 saturated carbocycles. The van der Waals surface area contributed by atoms with Crippen molar-refractivity contribution in [3.63, 3.8) is 0 Å². The standard InChI is InChI=1S/C14H18N4O4/c1-4-8-10-11(22-14(2,3)21-10)13(20-8)18-9(19)6-5-7-12(18)16-17-15-7/h5-6,8,10-11,13H,4H2,1-3H3,(H,15,16,17)/t8-,10+,11?,13-/m1/s1. The van der Waals surface area contributed by atoms with Crippen LogP contribution in [0.25, 0.3) is 11.2 Å². The Kier molecular flexibility index (Phi) is 2.91. The van der Waals surface area contributed by atoms with E-state index in [1.165, 1.54) is 10.6 Å². The minimum Gasteiger partial charge on any atom is -0.349 e. The molecule has 1 unspecified atom stereocenters. The number of fused-ring (bicyclic) bond motifs is 2. The Bertz CT molecular complexity index is 768. The van der Waals surface area contributed by atoms with Gasteiger partial charge in [-0.05, 0) is 26.3 Å². The van der Waals surface area contributed by atoms with Crippen molar-refractivity contribution in [1.29, 1.82) is 0 Å². The van der Waals surface area contributed by atoms with Crippen LogP contribution < -0.4 is 5.56 Å². The molecule has 4 rings (SSSR count). The highest BCUT2D eigenvalue weighted by Gasteiger charge is 2.55. The molecular formula is C14H18N4O4. The second-order valence-electron chi connectivity index (χ2n) is 6.11. The highest BCUT2D eigenvalue weighted by molar-refractivity contribution is 5.69. The van der Waals surface area contributed by atoms with E-state index in [1.54, 1.807) is 6.07 Å². The Labute approximate surface area is 126 Å². The molecule has 0 amide bonds. The van der Waals surface area contributed by atoms with Crippen LogP contribution in [0.5, 0.6) is 0 Å². The summed E-state index contributed by atoms with van der Waals surface area (Å²) in [5, 5.41) is 10.6. The molecule has 22 heavy (non-hydrogen) atoms. The van der Waals surface area contributed by atoms with Crippen molar-refractivity contribution < 1.29 is 14.2 Å². The fourth-order valence-corrected chi connectivity index (χ4v) is 3.30. The lowest BCUT2D eigenvalue weighted by molar-refractivity contribution is -0.196. The molecule has 4 atom stereocenters. The first-order valence-electron chi connectivity index (χ1n) is 7.43. The van der Waals surface area contributed by atoms with Crippen molar-refractivity contribution in [3.05, 3.63) is 22.5 Å². The topological polar surface area (TPSA) is 91.3 Å². The van der Waals surface area contributed by atoms with Crippen LogP contribution in [-0.4, -0.2) is 44.1 Å². The molecule has 2 aliphatic heterocycles. The van der Waals surface area contributed by atoms with Gasteiger partial charge in [0.05, 0.1) is 6.10 Å². The summed E-state index contributed by atoms with van der Waals surface area (Å²) >= 11 is 0. The highest BCUT2D eigenvalue weighted by Crippen LogP contribution is 2.43. The molecule has 2 saturated heterocycles. The average Bonchev–Trinajstić information content (AvgIpc) is 3.12. The summed E-state index contributed by atoms with van der Waals surface area (Å²) in [5.74, 6) is -0.688. The third-order valence-corrected chi connectivity index (χ3v) is 4.19. The van der Waals surface area contributed by atoms with E-state index in [1.807, 2.05) is 20.8 Å². The minimum atomic E-state index is -0.688.